The van der Waals surface area contributed by atoms with Crippen molar-refractivity contribution in [1.82, 2.24) is 9.55 Å². The number of fused-ring (bicyclic) bond motifs is 1. The zero-order chi connectivity index (χ0) is 13.2. The van der Waals surface area contributed by atoms with Gasteiger partial charge in [-0.3, -0.25) is 0 Å². The Morgan fingerprint density at radius 2 is 2.16 bits per heavy atom. The summed E-state index contributed by atoms with van der Waals surface area (Å²) in [4.78, 5) is 4.65. The Morgan fingerprint density at radius 3 is 2.95 bits per heavy atom. The number of aromatic nitrogens is 2. The molecule has 0 aliphatic carbocycles. The van der Waals surface area contributed by atoms with Gasteiger partial charge in [-0.05, 0) is 30.2 Å². The molecule has 0 amide bonds. The molecule has 0 saturated heterocycles. The highest BCUT2D eigenvalue weighted by Crippen LogP contribution is 2.23. The molecule has 0 aliphatic heterocycles. The first-order valence-corrected chi connectivity index (χ1v) is 7.33. The van der Waals surface area contributed by atoms with Gasteiger partial charge >= 0.3 is 0 Å². The molecule has 0 saturated carbocycles. The van der Waals surface area contributed by atoms with E-state index in [-0.39, 0.29) is 6.04 Å². The number of para-hydroxylation sites is 1. The molecule has 3 aromatic rings. The molecule has 4 heteroatoms. The second-order valence-corrected chi connectivity index (χ2v) is 5.82. The lowest BCUT2D eigenvalue weighted by Crippen LogP contribution is -2.07. The van der Waals surface area contributed by atoms with E-state index in [1.807, 2.05) is 6.07 Å². The maximum absolute atomic E-state index is 6.04. The van der Waals surface area contributed by atoms with Crippen LogP contribution in [0.15, 0.2) is 42.7 Å². The van der Waals surface area contributed by atoms with Gasteiger partial charge in [0, 0.05) is 18.4 Å². The highest BCUT2D eigenvalue weighted by molar-refractivity contribution is 7.18. The zero-order valence-corrected chi connectivity index (χ0v) is 11.7. The fourth-order valence-electron chi connectivity index (χ4n) is 2.16. The number of hydrogen-bond donors (Lipinski definition) is 1. The van der Waals surface area contributed by atoms with Gasteiger partial charge in [0.25, 0.3) is 0 Å². The van der Waals surface area contributed by atoms with Crippen molar-refractivity contribution in [1.29, 1.82) is 0 Å². The van der Waals surface area contributed by atoms with Gasteiger partial charge in [0.2, 0.25) is 0 Å². The minimum absolute atomic E-state index is 0.136. The lowest BCUT2D eigenvalue weighted by atomic mass is 10.1. The van der Waals surface area contributed by atoms with E-state index >= 15 is 0 Å². The highest BCUT2D eigenvalue weighted by atomic mass is 32.1. The highest BCUT2D eigenvalue weighted by Gasteiger charge is 2.07. The number of nitrogens with zero attached hydrogens (tertiary/aromatic N) is 2. The molecule has 2 heterocycles. The fraction of sp³-hybridized carbons (Fsp3) is 0.267. The molecule has 1 atom stereocenters. The first-order valence-electron chi connectivity index (χ1n) is 6.52. The Balaban J connectivity index is 1.82. The van der Waals surface area contributed by atoms with Crippen molar-refractivity contribution in [2.75, 3.05) is 0 Å². The van der Waals surface area contributed by atoms with Crippen LogP contribution in [0, 0.1) is 0 Å². The second-order valence-electron chi connectivity index (χ2n) is 4.71. The molecule has 2 N–H and O–H groups in total. The van der Waals surface area contributed by atoms with E-state index in [4.69, 9.17) is 5.73 Å². The van der Waals surface area contributed by atoms with Crippen LogP contribution in [0.25, 0.3) is 10.2 Å². The van der Waals surface area contributed by atoms with Crippen LogP contribution in [-0.4, -0.2) is 9.55 Å². The maximum Gasteiger partial charge on any atom is 0.114 e. The van der Waals surface area contributed by atoms with Crippen LogP contribution < -0.4 is 5.73 Å². The average molecular weight is 271 g/mol. The molecule has 98 valence electrons. The molecule has 0 spiro atoms. The number of benzene rings is 1. The first-order chi connectivity index (χ1) is 9.26. The lowest BCUT2D eigenvalue weighted by molar-refractivity contribution is 0.692. The third-order valence-corrected chi connectivity index (χ3v) is 4.32. The molecule has 0 radical (unpaired) electrons. The van der Waals surface area contributed by atoms with Crippen LogP contribution >= 0.6 is 11.3 Å². The van der Waals surface area contributed by atoms with E-state index in [9.17, 15) is 0 Å². The third kappa shape index (κ3) is 2.55. The lowest BCUT2D eigenvalue weighted by Gasteiger charge is -2.04. The van der Waals surface area contributed by atoms with E-state index < -0.39 is 0 Å². The summed E-state index contributed by atoms with van der Waals surface area (Å²) in [5, 5.41) is 1.13. The van der Waals surface area contributed by atoms with Crippen LogP contribution in [0.4, 0.5) is 0 Å². The summed E-state index contributed by atoms with van der Waals surface area (Å²) in [5.41, 5.74) is 8.32. The number of nitrogens with two attached hydrogens (primary N) is 1. The summed E-state index contributed by atoms with van der Waals surface area (Å²) in [6, 6.07) is 10.5. The van der Waals surface area contributed by atoms with Gasteiger partial charge in [0.15, 0.2) is 0 Å². The Hall–Kier alpha value is -1.65. The van der Waals surface area contributed by atoms with Crippen LogP contribution in [0.2, 0.25) is 0 Å². The first kappa shape index (κ1) is 12.4. The van der Waals surface area contributed by atoms with Gasteiger partial charge in [0.05, 0.1) is 16.8 Å². The quantitative estimate of drug-likeness (QED) is 0.788. The predicted octanol–water partition coefficient (Wildman–Crippen LogP) is 3.56. The summed E-state index contributed by atoms with van der Waals surface area (Å²) in [6.07, 6.45) is 5.17. The van der Waals surface area contributed by atoms with Crippen molar-refractivity contribution in [3.8, 4) is 0 Å². The van der Waals surface area contributed by atoms with Gasteiger partial charge in [-0.1, -0.05) is 19.1 Å². The molecule has 1 aromatic carbocycles. The summed E-state index contributed by atoms with van der Waals surface area (Å²) in [6.45, 7) is 2.92. The normalized spacial score (nSPS) is 12.9. The van der Waals surface area contributed by atoms with Crippen LogP contribution in [-0.2, 0) is 6.54 Å². The maximum atomic E-state index is 6.04. The molecule has 3 nitrogen and oxygen atoms in total. The summed E-state index contributed by atoms with van der Waals surface area (Å²) >= 11 is 1.75. The molecular formula is C15H17N3S. The van der Waals surface area contributed by atoms with Crippen molar-refractivity contribution in [2.45, 2.75) is 25.9 Å². The topological polar surface area (TPSA) is 43.8 Å². The molecule has 1 unspecified atom stereocenters. The SMILES string of the molecule is CCC(N)c1ccn(Cc2nc3ccccc3s2)c1. The standard InChI is InChI=1S/C15H17N3S/c1-2-12(16)11-7-8-18(9-11)10-15-17-13-5-3-4-6-14(13)19-15/h3-9,12H,2,10,16H2,1H3. The largest absolute Gasteiger partial charge is 0.347 e. The van der Waals surface area contributed by atoms with Gasteiger partial charge in [0.1, 0.15) is 5.01 Å². The van der Waals surface area contributed by atoms with E-state index in [2.05, 4.69) is 53.1 Å². The van der Waals surface area contributed by atoms with Crippen molar-refractivity contribution < 1.29 is 0 Å². The number of hydrogen-bond acceptors (Lipinski definition) is 3. The molecule has 19 heavy (non-hydrogen) atoms. The average Bonchev–Trinajstić information content (AvgIpc) is 3.04. The van der Waals surface area contributed by atoms with E-state index in [0.29, 0.717) is 0 Å². The van der Waals surface area contributed by atoms with Crippen LogP contribution in [0.1, 0.15) is 30.0 Å². The minimum Gasteiger partial charge on any atom is -0.347 e. The molecule has 2 aromatic heterocycles. The van der Waals surface area contributed by atoms with Crippen LogP contribution in [0.3, 0.4) is 0 Å². The van der Waals surface area contributed by atoms with Gasteiger partial charge in [-0.2, -0.15) is 0 Å². The molecule has 3 rings (SSSR count). The van der Waals surface area contributed by atoms with Gasteiger partial charge in [-0.25, -0.2) is 4.98 Å². The second kappa shape index (κ2) is 5.15. The fourth-order valence-corrected chi connectivity index (χ4v) is 3.13. The summed E-state index contributed by atoms with van der Waals surface area (Å²) in [5.74, 6) is 0. The summed E-state index contributed by atoms with van der Waals surface area (Å²) < 4.78 is 3.40. The van der Waals surface area contributed by atoms with Crippen LogP contribution in [0.5, 0.6) is 0 Å². The van der Waals surface area contributed by atoms with Crippen molar-refractivity contribution >= 4 is 21.6 Å². The smallest absolute Gasteiger partial charge is 0.114 e. The van der Waals surface area contributed by atoms with Gasteiger partial charge in [-0.15, -0.1) is 11.3 Å². The van der Waals surface area contributed by atoms with Crippen molar-refractivity contribution in [2.24, 2.45) is 5.73 Å². The monoisotopic (exact) mass is 271 g/mol. The number of rotatable bonds is 4. The third-order valence-electron chi connectivity index (χ3n) is 3.30. The Labute approximate surface area is 116 Å². The van der Waals surface area contributed by atoms with Crippen molar-refractivity contribution in [3.05, 3.63) is 53.3 Å². The molecule has 0 aliphatic rings. The Kier molecular flexibility index (Phi) is 3.36. The van der Waals surface area contributed by atoms with E-state index in [1.165, 1.54) is 10.3 Å². The predicted molar refractivity (Wildman–Crippen MR) is 80.4 cm³/mol. The van der Waals surface area contributed by atoms with E-state index in [1.54, 1.807) is 11.3 Å². The minimum atomic E-state index is 0.136. The van der Waals surface area contributed by atoms with E-state index in [0.717, 1.165) is 23.5 Å². The van der Waals surface area contributed by atoms with Gasteiger partial charge < -0.3 is 10.3 Å². The number of thiazole rings is 1. The molecule has 0 bridgehead atoms. The molecule has 0 fully saturated rings. The molecular weight excluding hydrogens is 254 g/mol. The zero-order valence-electron chi connectivity index (χ0n) is 10.9. The Bertz CT molecular complexity index is 650. The Morgan fingerprint density at radius 1 is 1.32 bits per heavy atom. The summed E-state index contributed by atoms with van der Waals surface area (Å²) in [7, 11) is 0. The van der Waals surface area contributed by atoms with Crippen molar-refractivity contribution in [3.63, 3.8) is 0 Å².